The Labute approximate surface area is 122 Å². The largest absolute Gasteiger partial charge is 0.389 e. The predicted molar refractivity (Wildman–Crippen MR) is 84.6 cm³/mol. The molecule has 0 unspecified atom stereocenters. The van der Waals surface area contributed by atoms with Crippen LogP contribution >= 0.6 is 24.0 Å². The molecular formula is C13H16N4S2. The van der Waals surface area contributed by atoms with E-state index in [-0.39, 0.29) is 0 Å². The van der Waals surface area contributed by atoms with Crippen LogP contribution in [0.4, 0.5) is 5.69 Å². The third-order valence-electron chi connectivity index (χ3n) is 2.72. The third-order valence-corrected chi connectivity index (χ3v) is 3.71. The van der Waals surface area contributed by atoms with E-state index in [2.05, 4.69) is 10.4 Å². The fourth-order valence-electron chi connectivity index (χ4n) is 1.85. The van der Waals surface area contributed by atoms with Gasteiger partial charge in [-0.05, 0) is 24.5 Å². The lowest BCUT2D eigenvalue weighted by Gasteiger charge is -2.13. The molecule has 19 heavy (non-hydrogen) atoms. The molecule has 0 aliphatic heterocycles. The number of hydrogen-bond donors (Lipinski definition) is 2. The molecule has 4 nitrogen and oxygen atoms in total. The number of nitrogens with zero attached hydrogens (tertiary/aromatic N) is 2. The Morgan fingerprint density at radius 3 is 2.84 bits per heavy atom. The van der Waals surface area contributed by atoms with Gasteiger partial charge in [0.2, 0.25) is 0 Å². The van der Waals surface area contributed by atoms with Crippen molar-refractivity contribution in [1.29, 1.82) is 0 Å². The number of aryl methyl sites for hydroxylation is 1. The summed E-state index contributed by atoms with van der Waals surface area (Å²) < 4.78 is 1.78. The lowest BCUT2D eigenvalue weighted by Crippen LogP contribution is -2.14. The molecule has 0 spiro atoms. The standard InChI is InChI=1S/C13H16N4S2/c1-17-7-6-9(16-17)8-15-10-4-3-5-11(19-2)12(10)13(14)18/h3-7,15H,8H2,1-2H3,(H2,14,18). The second-order valence-corrected chi connectivity index (χ2v) is 5.37. The summed E-state index contributed by atoms with van der Waals surface area (Å²) >= 11 is 6.78. The fourth-order valence-corrected chi connectivity index (χ4v) is 2.77. The first-order chi connectivity index (χ1) is 9.11. The molecule has 2 aromatic rings. The van der Waals surface area contributed by atoms with Gasteiger partial charge in [0, 0.05) is 29.4 Å². The van der Waals surface area contributed by atoms with Gasteiger partial charge in [-0.25, -0.2) is 0 Å². The molecule has 100 valence electrons. The van der Waals surface area contributed by atoms with Gasteiger partial charge in [-0.2, -0.15) is 5.10 Å². The summed E-state index contributed by atoms with van der Waals surface area (Å²) in [6.45, 7) is 0.647. The van der Waals surface area contributed by atoms with Crippen LogP contribution in [-0.2, 0) is 13.6 Å². The summed E-state index contributed by atoms with van der Waals surface area (Å²) in [5.74, 6) is 0. The second kappa shape index (κ2) is 6.08. The van der Waals surface area contributed by atoms with Gasteiger partial charge >= 0.3 is 0 Å². The van der Waals surface area contributed by atoms with E-state index in [9.17, 15) is 0 Å². The molecule has 1 heterocycles. The van der Waals surface area contributed by atoms with Gasteiger partial charge in [0.25, 0.3) is 0 Å². The first-order valence-corrected chi connectivity index (χ1v) is 7.44. The second-order valence-electron chi connectivity index (χ2n) is 4.08. The topological polar surface area (TPSA) is 55.9 Å². The van der Waals surface area contributed by atoms with Crippen LogP contribution in [0.25, 0.3) is 0 Å². The molecule has 6 heteroatoms. The molecule has 0 aliphatic carbocycles. The van der Waals surface area contributed by atoms with Crippen molar-refractivity contribution >= 4 is 34.7 Å². The number of nitrogens with two attached hydrogens (primary N) is 1. The normalized spacial score (nSPS) is 10.4. The lowest BCUT2D eigenvalue weighted by molar-refractivity contribution is 0.747. The van der Waals surface area contributed by atoms with E-state index in [4.69, 9.17) is 18.0 Å². The Bertz CT molecular complexity index is 592. The number of hydrogen-bond acceptors (Lipinski definition) is 4. The van der Waals surface area contributed by atoms with Gasteiger partial charge in [-0.3, -0.25) is 4.68 Å². The number of rotatable bonds is 5. The van der Waals surface area contributed by atoms with Crippen molar-refractivity contribution in [3.63, 3.8) is 0 Å². The summed E-state index contributed by atoms with van der Waals surface area (Å²) in [5.41, 5.74) is 8.65. The molecule has 1 aromatic carbocycles. The average Bonchev–Trinajstić information content (AvgIpc) is 2.81. The maximum Gasteiger partial charge on any atom is 0.107 e. The quantitative estimate of drug-likeness (QED) is 0.654. The zero-order valence-electron chi connectivity index (χ0n) is 10.9. The van der Waals surface area contributed by atoms with Gasteiger partial charge in [-0.1, -0.05) is 18.3 Å². The zero-order chi connectivity index (χ0) is 13.8. The van der Waals surface area contributed by atoms with E-state index in [0.29, 0.717) is 11.5 Å². The third kappa shape index (κ3) is 3.27. The first kappa shape index (κ1) is 13.9. The highest BCUT2D eigenvalue weighted by Gasteiger charge is 2.10. The van der Waals surface area contributed by atoms with Gasteiger partial charge in [0.1, 0.15) is 4.99 Å². The van der Waals surface area contributed by atoms with E-state index in [1.165, 1.54) is 0 Å². The number of thioether (sulfide) groups is 1. The fraction of sp³-hybridized carbons (Fsp3) is 0.231. The molecule has 1 aromatic heterocycles. The van der Waals surface area contributed by atoms with Crippen molar-refractivity contribution in [3.05, 3.63) is 41.7 Å². The van der Waals surface area contributed by atoms with E-state index in [1.54, 1.807) is 16.4 Å². The van der Waals surface area contributed by atoms with E-state index >= 15 is 0 Å². The van der Waals surface area contributed by atoms with Gasteiger partial charge in [0.05, 0.1) is 12.2 Å². The van der Waals surface area contributed by atoms with Crippen LogP contribution in [0.15, 0.2) is 35.4 Å². The predicted octanol–water partition coefficient (Wildman–Crippen LogP) is 2.39. The number of thiocarbonyl (C=S) groups is 1. The molecule has 0 saturated heterocycles. The number of aromatic nitrogens is 2. The minimum absolute atomic E-state index is 0.411. The average molecular weight is 292 g/mol. The maximum atomic E-state index is 5.82. The Kier molecular flexibility index (Phi) is 4.44. The molecule has 0 amide bonds. The van der Waals surface area contributed by atoms with Crippen LogP contribution in [0.2, 0.25) is 0 Å². The number of anilines is 1. The molecule has 2 rings (SSSR count). The summed E-state index contributed by atoms with van der Waals surface area (Å²) in [6.07, 6.45) is 3.93. The molecule has 0 fully saturated rings. The molecule has 0 saturated carbocycles. The molecular weight excluding hydrogens is 276 g/mol. The highest BCUT2D eigenvalue weighted by atomic mass is 32.2. The molecule has 0 radical (unpaired) electrons. The van der Waals surface area contributed by atoms with E-state index < -0.39 is 0 Å². The molecule has 3 N–H and O–H groups in total. The summed E-state index contributed by atoms with van der Waals surface area (Å²) in [5, 5.41) is 7.67. The first-order valence-electron chi connectivity index (χ1n) is 5.81. The highest BCUT2D eigenvalue weighted by Crippen LogP contribution is 2.27. The van der Waals surface area contributed by atoms with Crippen molar-refractivity contribution in [2.24, 2.45) is 12.8 Å². The van der Waals surface area contributed by atoms with Crippen molar-refractivity contribution < 1.29 is 0 Å². The van der Waals surface area contributed by atoms with Crippen molar-refractivity contribution in [2.75, 3.05) is 11.6 Å². The highest BCUT2D eigenvalue weighted by molar-refractivity contribution is 7.98. The SMILES string of the molecule is CSc1cccc(NCc2ccn(C)n2)c1C(N)=S. The van der Waals surface area contributed by atoms with Gasteiger partial charge in [0.15, 0.2) is 0 Å². The Balaban J connectivity index is 2.22. The van der Waals surface area contributed by atoms with Crippen LogP contribution in [0.5, 0.6) is 0 Å². The summed E-state index contributed by atoms with van der Waals surface area (Å²) in [4.78, 5) is 1.49. The van der Waals surface area contributed by atoms with Crippen LogP contribution in [0.3, 0.4) is 0 Å². The van der Waals surface area contributed by atoms with Crippen molar-refractivity contribution in [2.45, 2.75) is 11.4 Å². The van der Waals surface area contributed by atoms with Crippen molar-refractivity contribution in [3.8, 4) is 0 Å². The summed E-state index contributed by atoms with van der Waals surface area (Å²) in [7, 11) is 1.90. The molecule has 0 atom stereocenters. The Morgan fingerprint density at radius 2 is 2.26 bits per heavy atom. The number of benzene rings is 1. The van der Waals surface area contributed by atoms with Crippen LogP contribution in [-0.4, -0.2) is 21.0 Å². The zero-order valence-corrected chi connectivity index (χ0v) is 12.5. The van der Waals surface area contributed by atoms with Crippen molar-refractivity contribution in [1.82, 2.24) is 9.78 Å². The minimum atomic E-state index is 0.411. The van der Waals surface area contributed by atoms with Crippen LogP contribution in [0.1, 0.15) is 11.3 Å². The van der Waals surface area contributed by atoms with E-state index in [0.717, 1.165) is 21.8 Å². The molecule has 0 aliphatic rings. The smallest absolute Gasteiger partial charge is 0.107 e. The minimum Gasteiger partial charge on any atom is -0.389 e. The van der Waals surface area contributed by atoms with Crippen LogP contribution < -0.4 is 11.1 Å². The molecule has 0 bridgehead atoms. The van der Waals surface area contributed by atoms with Gasteiger partial charge in [-0.15, -0.1) is 11.8 Å². The summed E-state index contributed by atoms with van der Waals surface area (Å²) in [6, 6.07) is 7.97. The number of nitrogens with one attached hydrogen (secondary N) is 1. The maximum absolute atomic E-state index is 5.82. The lowest BCUT2D eigenvalue weighted by atomic mass is 10.1. The monoisotopic (exact) mass is 292 g/mol. The Hall–Kier alpha value is -1.53. The Morgan fingerprint density at radius 1 is 1.47 bits per heavy atom. The van der Waals surface area contributed by atoms with Gasteiger partial charge < -0.3 is 11.1 Å². The van der Waals surface area contributed by atoms with E-state index in [1.807, 2.05) is 43.8 Å². The van der Waals surface area contributed by atoms with Crippen LogP contribution in [0, 0.1) is 0 Å².